The maximum absolute atomic E-state index is 13.4. The van der Waals surface area contributed by atoms with E-state index in [1.807, 2.05) is 61.5 Å². The van der Waals surface area contributed by atoms with Gasteiger partial charge in [-0.1, -0.05) is 72.3 Å². The van der Waals surface area contributed by atoms with Crippen LogP contribution in [0, 0.1) is 12.7 Å². The van der Waals surface area contributed by atoms with Gasteiger partial charge in [0.1, 0.15) is 11.9 Å². The van der Waals surface area contributed by atoms with E-state index in [-0.39, 0.29) is 30.6 Å². The molecule has 1 atom stereocenters. The Kier molecular flexibility index (Phi) is 8.14. The van der Waals surface area contributed by atoms with Crippen LogP contribution in [-0.2, 0) is 29.0 Å². The third-order valence-electron chi connectivity index (χ3n) is 5.53. The third-order valence-corrected chi connectivity index (χ3v) is 5.53. The van der Waals surface area contributed by atoms with Gasteiger partial charge >= 0.3 is 0 Å². The van der Waals surface area contributed by atoms with Gasteiger partial charge in [0.15, 0.2) is 0 Å². The molecule has 0 aliphatic heterocycles. The number of aryl methyl sites for hydroxylation is 2. The molecule has 0 bridgehead atoms. The fraction of sp³-hybridized carbons (Fsp3) is 0.259. The number of hydrogen-bond donors (Lipinski definition) is 1. The van der Waals surface area contributed by atoms with Gasteiger partial charge in [-0.3, -0.25) is 9.59 Å². The van der Waals surface area contributed by atoms with Crippen molar-refractivity contribution in [2.45, 2.75) is 38.8 Å². The van der Waals surface area contributed by atoms with Gasteiger partial charge in [0.2, 0.25) is 11.8 Å². The first-order valence-corrected chi connectivity index (χ1v) is 10.8. The van der Waals surface area contributed by atoms with Crippen molar-refractivity contribution in [3.63, 3.8) is 0 Å². The fourth-order valence-electron chi connectivity index (χ4n) is 3.66. The predicted octanol–water partition coefficient (Wildman–Crippen LogP) is 4.45. The van der Waals surface area contributed by atoms with Gasteiger partial charge in [0.25, 0.3) is 0 Å². The molecule has 0 heterocycles. The second-order valence-corrected chi connectivity index (χ2v) is 7.95. The molecule has 32 heavy (non-hydrogen) atoms. The SMILES string of the molecule is CNC(=O)C(Cc1ccccc1)N(Cc1ccc(F)cc1)C(=O)CCc1ccc(C)cc1. The van der Waals surface area contributed by atoms with Crippen LogP contribution >= 0.6 is 0 Å². The normalized spacial score (nSPS) is 11.6. The fourth-order valence-corrected chi connectivity index (χ4v) is 3.66. The quantitative estimate of drug-likeness (QED) is 0.543. The van der Waals surface area contributed by atoms with Gasteiger partial charge in [-0.15, -0.1) is 0 Å². The lowest BCUT2D eigenvalue weighted by Crippen LogP contribution is -2.49. The molecular formula is C27H29FN2O2. The van der Waals surface area contributed by atoms with Crippen molar-refractivity contribution in [1.29, 1.82) is 0 Å². The topological polar surface area (TPSA) is 49.4 Å². The molecule has 0 saturated carbocycles. The van der Waals surface area contributed by atoms with Crippen LogP contribution in [0.5, 0.6) is 0 Å². The Morgan fingerprint density at radius 1 is 0.875 bits per heavy atom. The molecule has 5 heteroatoms. The maximum atomic E-state index is 13.4. The molecule has 1 N–H and O–H groups in total. The lowest BCUT2D eigenvalue weighted by atomic mass is 10.0. The number of nitrogens with one attached hydrogen (secondary N) is 1. The standard InChI is InChI=1S/C27H29FN2O2/c1-20-8-10-21(11-9-20)14-17-26(31)30(19-23-12-15-24(28)16-13-23)25(27(32)29-2)18-22-6-4-3-5-7-22/h3-13,15-16,25H,14,17-19H2,1-2H3,(H,29,32). The van der Waals surface area contributed by atoms with Crippen LogP contribution < -0.4 is 5.32 Å². The van der Waals surface area contributed by atoms with Gasteiger partial charge in [-0.25, -0.2) is 4.39 Å². The lowest BCUT2D eigenvalue weighted by Gasteiger charge is -2.31. The van der Waals surface area contributed by atoms with Crippen molar-refractivity contribution in [1.82, 2.24) is 10.2 Å². The van der Waals surface area contributed by atoms with E-state index in [4.69, 9.17) is 0 Å². The molecule has 0 fully saturated rings. The molecule has 1 unspecified atom stereocenters. The van der Waals surface area contributed by atoms with Gasteiger partial charge in [-0.2, -0.15) is 0 Å². The van der Waals surface area contributed by atoms with E-state index in [2.05, 4.69) is 5.32 Å². The summed E-state index contributed by atoms with van der Waals surface area (Å²) in [6.45, 7) is 2.26. The zero-order valence-electron chi connectivity index (χ0n) is 18.6. The molecule has 0 aliphatic rings. The molecule has 0 spiro atoms. The van der Waals surface area contributed by atoms with Crippen LogP contribution in [0.4, 0.5) is 4.39 Å². The first kappa shape index (κ1) is 23.2. The van der Waals surface area contributed by atoms with Crippen molar-refractivity contribution >= 4 is 11.8 Å². The lowest BCUT2D eigenvalue weighted by molar-refractivity contribution is -0.141. The van der Waals surface area contributed by atoms with Crippen molar-refractivity contribution in [2.24, 2.45) is 0 Å². The number of benzene rings is 3. The summed E-state index contributed by atoms with van der Waals surface area (Å²) < 4.78 is 13.4. The Bertz CT molecular complexity index is 1020. The summed E-state index contributed by atoms with van der Waals surface area (Å²) in [6.07, 6.45) is 1.27. The number of rotatable bonds is 9. The van der Waals surface area contributed by atoms with E-state index >= 15 is 0 Å². The molecule has 4 nitrogen and oxygen atoms in total. The third kappa shape index (κ3) is 6.51. The highest BCUT2D eigenvalue weighted by Gasteiger charge is 2.29. The number of nitrogens with zero attached hydrogens (tertiary/aromatic N) is 1. The van der Waals surface area contributed by atoms with Gasteiger partial charge < -0.3 is 10.2 Å². The number of likely N-dealkylation sites (N-methyl/N-ethyl adjacent to an activating group) is 1. The van der Waals surface area contributed by atoms with Crippen LogP contribution in [-0.4, -0.2) is 29.8 Å². The molecule has 3 aromatic rings. The van der Waals surface area contributed by atoms with E-state index in [0.29, 0.717) is 12.8 Å². The number of hydrogen-bond acceptors (Lipinski definition) is 2. The zero-order valence-corrected chi connectivity index (χ0v) is 18.6. The molecule has 3 aromatic carbocycles. The summed E-state index contributed by atoms with van der Waals surface area (Å²) in [5, 5.41) is 2.70. The molecule has 3 rings (SSSR count). The Balaban J connectivity index is 1.85. The molecule has 0 saturated heterocycles. The van der Waals surface area contributed by atoms with Crippen molar-refractivity contribution in [2.75, 3.05) is 7.05 Å². The highest BCUT2D eigenvalue weighted by molar-refractivity contribution is 5.88. The molecule has 166 valence electrons. The Morgan fingerprint density at radius 2 is 1.50 bits per heavy atom. The number of carbonyl (C=O) groups excluding carboxylic acids is 2. The minimum Gasteiger partial charge on any atom is -0.357 e. The number of halogens is 1. The molecule has 0 radical (unpaired) electrons. The first-order chi connectivity index (χ1) is 15.5. The van der Waals surface area contributed by atoms with E-state index in [0.717, 1.165) is 16.7 Å². The van der Waals surface area contributed by atoms with E-state index in [9.17, 15) is 14.0 Å². The van der Waals surface area contributed by atoms with E-state index in [1.54, 1.807) is 24.1 Å². The number of amides is 2. The maximum Gasteiger partial charge on any atom is 0.242 e. The van der Waals surface area contributed by atoms with E-state index < -0.39 is 6.04 Å². The molecule has 2 amide bonds. The Morgan fingerprint density at radius 3 is 2.12 bits per heavy atom. The van der Waals surface area contributed by atoms with Gasteiger partial charge in [0, 0.05) is 26.4 Å². The highest BCUT2D eigenvalue weighted by atomic mass is 19.1. The summed E-state index contributed by atoms with van der Waals surface area (Å²) in [5.74, 6) is -0.669. The highest BCUT2D eigenvalue weighted by Crippen LogP contribution is 2.17. The van der Waals surface area contributed by atoms with Crippen LogP contribution in [0.1, 0.15) is 28.7 Å². The summed E-state index contributed by atoms with van der Waals surface area (Å²) in [6, 6.07) is 23.1. The van der Waals surface area contributed by atoms with Crippen molar-refractivity contribution in [3.05, 3.63) is 107 Å². The number of carbonyl (C=O) groups is 2. The van der Waals surface area contributed by atoms with Gasteiger partial charge in [0.05, 0.1) is 0 Å². The first-order valence-electron chi connectivity index (χ1n) is 10.8. The molecular weight excluding hydrogens is 403 g/mol. The zero-order chi connectivity index (χ0) is 22.9. The summed E-state index contributed by atoms with van der Waals surface area (Å²) in [4.78, 5) is 27.9. The average Bonchev–Trinajstić information content (AvgIpc) is 2.82. The minimum absolute atomic E-state index is 0.112. The van der Waals surface area contributed by atoms with Crippen molar-refractivity contribution < 1.29 is 14.0 Å². The smallest absolute Gasteiger partial charge is 0.242 e. The van der Waals surface area contributed by atoms with Crippen molar-refractivity contribution in [3.8, 4) is 0 Å². The molecule has 0 aromatic heterocycles. The largest absolute Gasteiger partial charge is 0.357 e. The second kappa shape index (κ2) is 11.2. The van der Waals surface area contributed by atoms with Crippen LogP contribution in [0.3, 0.4) is 0 Å². The van der Waals surface area contributed by atoms with Gasteiger partial charge in [-0.05, 0) is 42.2 Å². The minimum atomic E-state index is -0.669. The monoisotopic (exact) mass is 432 g/mol. The van der Waals surface area contributed by atoms with E-state index in [1.165, 1.54) is 17.7 Å². The summed E-state index contributed by atoms with van der Waals surface area (Å²) >= 11 is 0. The Labute approximate surface area is 189 Å². The van der Waals surface area contributed by atoms with Crippen LogP contribution in [0.2, 0.25) is 0 Å². The Hall–Kier alpha value is -3.47. The second-order valence-electron chi connectivity index (χ2n) is 7.95. The van der Waals surface area contributed by atoms with Crippen LogP contribution in [0.25, 0.3) is 0 Å². The average molecular weight is 433 g/mol. The van der Waals surface area contributed by atoms with Crippen LogP contribution in [0.15, 0.2) is 78.9 Å². The summed E-state index contributed by atoms with van der Waals surface area (Å²) in [7, 11) is 1.58. The molecule has 0 aliphatic carbocycles. The summed E-state index contributed by atoms with van der Waals surface area (Å²) in [5.41, 5.74) is 3.99. The predicted molar refractivity (Wildman–Crippen MR) is 124 cm³/mol.